The maximum Gasteiger partial charge on any atom is 0.145 e. The molecule has 54 heavy (non-hydrogen) atoms. The highest BCUT2D eigenvalue weighted by Gasteiger charge is 2.23. The van der Waals surface area contributed by atoms with Crippen molar-refractivity contribution in [3.8, 4) is 44.5 Å². The topological polar surface area (TPSA) is 16.4 Å². The predicted octanol–water partition coefficient (Wildman–Crippen LogP) is 14.9. The van der Waals surface area contributed by atoms with Crippen molar-refractivity contribution in [2.24, 2.45) is 0 Å². The molecule has 0 spiro atoms. The molecule has 0 atom stereocenters. The van der Waals surface area contributed by atoms with Gasteiger partial charge in [0.1, 0.15) is 11.2 Å². The zero-order valence-electron chi connectivity index (χ0n) is 29.6. The third kappa shape index (κ3) is 5.62. The Labute approximate surface area is 314 Å². The van der Waals surface area contributed by atoms with Gasteiger partial charge in [0.15, 0.2) is 0 Å². The fourth-order valence-electron chi connectivity index (χ4n) is 7.83. The molecular formula is C52H35NO. The van der Waals surface area contributed by atoms with E-state index in [0.717, 1.165) is 50.1 Å². The number of hydrogen-bond acceptors (Lipinski definition) is 2. The van der Waals surface area contributed by atoms with Gasteiger partial charge in [-0.25, -0.2) is 0 Å². The normalized spacial score (nSPS) is 11.3. The van der Waals surface area contributed by atoms with Crippen molar-refractivity contribution in [2.45, 2.75) is 0 Å². The lowest BCUT2D eigenvalue weighted by Crippen LogP contribution is -2.11. The fourth-order valence-corrected chi connectivity index (χ4v) is 7.83. The van der Waals surface area contributed by atoms with Crippen molar-refractivity contribution < 1.29 is 4.42 Å². The molecule has 0 saturated carbocycles. The quantitative estimate of drug-likeness (QED) is 0.166. The van der Waals surface area contributed by atoms with Crippen molar-refractivity contribution in [2.75, 3.05) is 4.90 Å². The van der Waals surface area contributed by atoms with Crippen LogP contribution in [0.4, 0.5) is 17.1 Å². The van der Waals surface area contributed by atoms with Crippen LogP contribution in [-0.4, -0.2) is 0 Å². The Hall–Kier alpha value is -7.16. The van der Waals surface area contributed by atoms with E-state index in [9.17, 15) is 0 Å². The van der Waals surface area contributed by atoms with Crippen LogP contribution in [0.3, 0.4) is 0 Å². The Kier molecular flexibility index (Phi) is 7.85. The van der Waals surface area contributed by atoms with Gasteiger partial charge in [-0.2, -0.15) is 0 Å². The predicted molar refractivity (Wildman–Crippen MR) is 228 cm³/mol. The zero-order chi connectivity index (χ0) is 35.8. The summed E-state index contributed by atoms with van der Waals surface area (Å²) in [6.45, 7) is 0. The molecule has 0 aliphatic carbocycles. The lowest BCUT2D eigenvalue weighted by Gasteiger charge is -2.28. The molecule has 0 aliphatic heterocycles. The van der Waals surface area contributed by atoms with Crippen LogP contribution in [0.25, 0.3) is 77.2 Å². The summed E-state index contributed by atoms with van der Waals surface area (Å²) < 4.78 is 6.78. The molecule has 2 nitrogen and oxygen atoms in total. The van der Waals surface area contributed by atoms with E-state index in [0.29, 0.717) is 0 Å². The maximum absolute atomic E-state index is 6.78. The van der Waals surface area contributed by atoms with Crippen LogP contribution in [0.15, 0.2) is 217 Å². The monoisotopic (exact) mass is 689 g/mol. The molecule has 0 aliphatic rings. The van der Waals surface area contributed by atoms with Gasteiger partial charge in [0, 0.05) is 27.7 Å². The second kappa shape index (κ2) is 13.4. The molecule has 10 rings (SSSR count). The van der Waals surface area contributed by atoms with Gasteiger partial charge in [0.2, 0.25) is 0 Å². The summed E-state index contributed by atoms with van der Waals surface area (Å²) in [6.07, 6.45) is 0. The lowest BCUT2D eigenvalue weighted by molar-refractivity contribution is 0.670. The molecule has 2 heteroatoms. The number of rotatable bonds is 7. The van der Waals surface area contributed by atoms with Crippen LogP contribution in [0.1, 0.15) is 0 Å². The average molecular weight is 690 g/mol. The zero-order valence-corrected chi connectivity index (χ0v) is 29.6. The Morgan fingerprint density at radius 2 is 0.815 bits per heavy atom. The SMILES string of the molecule is c1ccc(-c2ccc(-c3c(N(c4ccc(-c5ccccc5)cc4)c4ccc(-c5cccc6ccccc56)cc4)ccc4c3oc3ccccc34)cc2)cc1. The van der Waals surface area contributed by atoms with Crippen molar-refractivity contribution >= 4 is 49.8 Å². The number of anilines is 3. The van der Waals surface area contributed by atoms with Crippen LogP contribution in [0.2, 0.25) is 0 Å². The van der Waals surface area contributed by atoms with Gasteiger partial charge in [-0.3, -0.25) is 0 Å². The molecule has 9 aromatic carbocycles. The summed E-state index contributed by atoms with van der Waals surface area (Å²) in [6, 6.07) is 75.8. The second-order valence-corrected chi connectivity index (χ2v) is 13.7. The molecule has 10 aromatic rings. The Bertz CT molecular complexity index is 2880. The van der Waals surface area contributed by atoms with Crippen LogP contribution in [-0.2, 0) is 0 Å². The summed E-state index contributed by atoms with van der Waals surface area (Å²) in [4.78, 5) is 2.37. The average Bonchev–Trinajstić information content (AvgIpc) is 3.63. The van der Waals surface area contributed by atoms with Crippen molar-refractivity contribution in [3.05, 3.63) is 212 Å². The second-order valence-electron chi connectivity index (χ2n) is 13.7. The fraction of sp³-hybridized carbons (Fsp3) is 0. The molecule has 1 aromatic heterocycles. The van der Waals surface area contributed by atoms with Gasteiger partial charge < -0.3 is 9.32 Å². The minimum absolute atomic E-state index is 0.874. The smallest absolute Gasteiger partial charge is 0.145 e. The first-order valence-corrected chi connectivity index (χ1v) is 18.4. The highest BCUT2D eigenvalue weighted by atomic mass is 16.3. The number of fused-ring (bicyclic) bond motifs is 4. The van der Waals surface area contributed by atoms with E-state index in [2.05, 4.69) is 211 Å². The first-order valence-electron chi connectivity index (χ1n) is 18.4. The van der Waals surface area contributed by atoms with Crippen LogP contribution >= 0.6 is 0 Å². The highest BCUT2D eigenvalue weighted by molar-refractivity contribution is 6.13. The van der Waals surface area contributed by atoms with E-state index >= 15 is 0 Å². The van der Waals surface area contributed by atoms with Gasteiger partial charge in [-0.1, -0.05) is 170 Å². The van der Waals surface area contributed by atoms with Crippen LogP contribution in [0, 0.1) is 0 Å². The Morgan fingerprint density at radius 3 is 1.48 bits per heavy atom. The van der Waals surface area contributed by atoms with E-state index in [-0.39, 0.29) is 0 Å². The van der Waals surface area contributed by atoms with E-state index < -0.39 is 0 Å². The lowest BCUT2D eigenvalue weighted by atomic mass is 9.95. The van der Waals surface area contributed by atoms with E-state index in [1.165, 1.54) is 44.2 Å². The largest absolute Gasteiger partial charge is 0.455 e. The van der Waals surface area contributed by atoms with Gasteiger partial charge in [-0.15, -0.1) is 0 Å². The van der Waals surface area contributed by atoms with Crippen molar-refractivity contribution in [1.82, 2.24) is 0 Å². The van der Waals surface area contributed by atoms with Crippen molar-refractivity contribution in [3.63, 3.8) is 0 Å². The van der Waals surface area contributed by atoms with Crippen LogP contribution in [0.5, 0.6) is 0 Å². The highest BCUT2D eigenvalue weighted by Crippen LogP contribution is 2.47. The minimum Gasteiger partial charge on any atom is -0.455 e. The molecule has 1 heterocycles. The summed E-state index contributed by atoms with van der Waals surface area (Å²) in [5.74, 6) is 0. The first kappa shape index (κ1) is 31.6. The number of nitrogens with zero attached hydrogens (tertiary/aromatic N) is 1. The molecular weight excluding hydrogens is 655 g/mol. The number of para-hydroxylation sites is 1. The maximum atomic E-state index is 6.78. The summed E-state index contributed by atoms with van der Waals surface area (Å²) in [5.41, 5.74) is 14.2. The minimum atomic E-state index is 0.874. The standard InChI is InChI=1S/C52H35NO/c1-3-12-36(13-4-1)38-22-24-42(25-23-38)51-49(35-34-48-47-19-9-10-21-50(47)54-52(48)51)53(43-30-26-39(27-31-43)37-14-5-2-6-15-37)44-32-28-41(29-33-44)46-20-11-17-40-16-7-8-18-45(40)46/h1-35H. The van der Waals surface area contributed by atoms with Gasteiger partial charge >= 0.3 is 0 Å². The van der Waals surface area contributed by atoms with E-state index in [4.69, 9.17) is 4.42 Å². The molecule has 0 radical (unpaired) electrons. The van der Waals surface area contributed by atoms with Crippen LogP contribution < -0.4 is 4.90 Å². The summed E-state index contributed by atoms with van der Waals surface area (Å²) in [7, 11) is 0. The Balaban J connectivity index is 1.18. The summed E-state index contributed by atoms with van der Waals surface area (Å²) >= 11 is 0. The van der Waals surface area contributed by atoms with Gasteiger partial charge in [0.25, 0.3) is 0 Å². The van der Waals surface area contributed by atoms with Crippen molar-refractivity contribution in [1.29, 1.82) is 0 Å². The first-order chi connectivity index (χ1) is 26.8. The van der Waals surface area contributed by atoms with Gasteiger partial charge in [-0.05, 0) is 92.2 Å². The molecule has 0 N–H and O–H groups in total. The molecule has 0 saturated heterocycles. The number of furan rings is 1. The molecule has 254 valence electrons. The molecule has 0 unspecified atom stereocenters. The van der Waals surface area contributed by atoms with E-state index in [1.54, 1.807) is 0 Å². The molecule has 0 fully saturated rings. The van der Waals surface area contributed by atoms with E-state index in [1.807, 2.05) is 6.07 Å². The number of hydrogen-bond donors (Lipinski definition) is 0. The molecule has 0 bridgehead atoms. The Morgan fingerprint density at radius 1 is 0.315 bits per heavy atom. The van der Waals surface area contributed by atoms with Gasteiger partial charge in [0.05, 0.1) is 5.69 Å². The third-order valence-electron chi connectivity index (χ3n) is 10.5. The summed E-state index contributed by atoms with van der Waals surface area (Å²) in [5, 5.41) is 4.69. The third-order valence-corrected chi connectivity index (χ3v) is 10.5. The number of benzene rings is 9. The molecule has 0 amide bonds.